The number of anilines is 2. The zero-order chi connectivity index (χ0) is 13.5. The first kappa shape index (κ1) is 14.7. The molecule has 0 saturated heterocycles. The minimum Gasteiger partial charge on any atom is -0.395 e. The van der Waals surface area contributed by atoms with Crippen LogP contribution in [0.1, 0.15) is 45.4 Å². The lowest BCUT2D eigenvalue weighted by atomic mass is 10.2. The number of hydrogen-bond donors (Lipinski definition) is 2. The van der Waals surface area contributed by atoms with Crippen molar-refractivity contribution in [3.8, 4) is 0 Å². The summed E-state index contributed by atoms with van der Waals surface area (Å²) in [6, 6.07) is 1.78. The monoisotopic (exact) mass is 252 g/mol. The van der Waals surface area contributed by atoms with Gasteiger partial charge in [-0.2, -0.15) is 0 Å². The molecule has 18 heavy (non-hydrogen) atoms. The Kier molecular flexibility index (Phi) is 5.85. The Labute approximate surface area is 109 Å². The molecule has 0 aliphatic rings. The molecule has 0 aliphatic carbocycles. The molecule has 0 spiro atoms. The molecule has 0 bridgehead atoms. The maximum Gasteiger partial charge on any atom is 0.135 e. The molecule has 1 aromatic rings. The first-order chi connectivity index (χ1) is 8.58. The van der Waals surface area contributed by atoms with E-state index in [1.54, 1.807) is 6.07 Å². The highest BCUT2D eigenvalue weighted by Gasteiger charge is 2.12. The predicted molar refractivity (Wildman–Crippen MR) is 74.7 cm³/mol. The van der Waals surface area contributed by atoms with Gasteiger partial charge >= 0.3 is 0 Å². The first-order valence-electron chi connectivity index (χ1n) is 6.58. The Hall–Kier alpha value is -1.36. The molecule has 0 amide bonds. The summed E-state index contributed by atoms with van der Waals surface area (Å²) in [6.45, 7) is 7.80. The molecule has 1 heterocycles. The lowest BCUT2D eigenvalue weighted by molar-refractivity contribution is 0.301. The Bertz CT molecular complexity index is 368. The van der Waals surface area contributed by atoms with Gasteiger partial charge in [-0.25, -0.2) is 9.97 Å². The van der Waals surface area contributed by atoms with E-state index < -0.39 is 0 Å². The van der Waals surface area contributed by atoms with Crippen LogP contribution in [0.15, 0.2) is 6.07 Å². The van der Waals surface area contributed by atoms with Crippen LogP contribution in [0.3, 0.4) is 0 Å². The van der Waals surface area contributed by atoms with Gasteiger partial charge in [0, 0.05) is 25.1 Å². The van der Waals surface area contributed by atoms with Crippen molar-refractivity contribution in [1.29, 1.82) is 0 Å². The van der Waals surface area contributed by atoms with Crippen molar-refractivity contribution in [3.05, 3.63) is 11.9 Å². The maximum absolute atomic E-state index is 9.13. The lowest BCUT2D eigenvalue weighted by Crippen LogP contribution is -2.29. The maximum atomic E-state index is 9.13. The second kappa shape index (κ2) is 7.16. The van der Waals surface area contributed by atoms with E-state index in [0.717, 1.165) is 31.0 Å². The van der Waals surface area contributed by atoms with Gasteiger partial charge < -0.3 is 15.7 Å². The molecular weight excluding hydrogens is 228 g/mol. The van der Waals surface area contributed by atoms with E-state index in [4.69, 9.17) is 10.8 Å². The van der Waals surface area contributed by atoms with Crippen molar-refractivity contribution in [2.24, 2.45) is 0 Å². The van der Waals surface area contributed by atoms with E-state index in [-0.39, 0.29) is 12.5 Å². The average Bonchev–Trinajstić information content (AvgIpc) is 2.33. The number of hydrogen-bond acceptors (Lipinski definition) is 5. The molecule has 0 fully saturated rings. The molecule has 0 saturated carbocycles. The highest BCUT2D eigenvalue weighted by Crippen LogP contribution is 2.18. The number of nitrogens with zero attached hydrogens (tertiary/aromatic N) is 3. The second-order valence-corrected chi connectivity index (χ2v) is 4.73. The molecule has 0 unspecified atom stereocenters. The summed E-state index contributed by atoms with van der Waals surface area (Å²) in [4.78, 5) is 10.8. The summed E-state index contributed by atoms with van der Waals surface area (Å²) in [7, 11) is 0. The normalized spacial score (nSPS) is 10.9. The Morgan fingerprint density at radius 1 is 1.33 bits per heavy atom. The lowest BCUT2D eigenvalue weighted by Gasteiger charge is -2.23. The van der Waals surface area contributed by atoms with Crippen LogP contribution in [0.25, 0.3) is 0 Å². The molecule has 0 atom stereocenters. The minimum atomic E-state index is 0.116. The van der Waals surface area contributed by atoms with Gasteiger partial charge in [-0.05, 0) is 6.42 Å². The molecule has 1 rings (SSSR count). The van der Waals surface area contributed by atoms with E-state index in [1.165, 1.54) is 0 Å². The zero-order valence-corrected chi connectivity index (χ0v) is 11.6. The van der Waals surface area contributed by atoms with Crippen LogP contribution in [0.4, 0.5) is 11.6 Å². The zero-order valence-electron chi connectivity index (χ0n) is 11.6. The molecule has 5 nitrogen and oxygen atoms in total. The van der Waals surface area contributed by atoms with Crippen LogP contribution in [-0.2, 0) is 0 Å². The third-order valence-corrected chi connectivity index (χ3v) is 2.74. The van der Waals surface area contributed by atoms with Gasteiger partial charge in [0.2, 0.25) is 0 Å². The van der Waals surface area contributed by atoms with E-state index in [0.29, 0.717) is 12.4 Å². The quantitative estimate of drug-likeness (QED) is 0.773. The molecule has 5 heteroatoms. The van der Waals surface area contributed by atoms with Gasteiger partial charge in [-0.3, -0.25) is 0 Å². The topological polar surface area (TPSA) is 75.3 Å². The fourth-order valence-corrected chi connectivity index (χ4v) is 1.70. The van der Waals surface area contributed by atoms with Crippen LogP contribution >= 0.6 is 0 Å². The summed E-state index contributed by atoms with van der Waals surface area (Å²) in [5.74, 6) is 2.30. The minimum absolute atomic E-state index is 0.116. The van der Waals surface area contributed by atoms with Crippen LogP contribution in [0.2, 0.25) is 0 Å². The third kappa shape index (κ3) is 4.14. The fourth-order valence-electron chi connectivity index (χ4n) is 1.70. The van der Waals surface area contributed by atoms with Gasteiger partial charge in [0.1, 0.15) is 17.5 Å². The molecule has 0 aromatic carbocycles. The largest absolute Gasteiger partial charge is 0.395 e. The summed E-state index contributed by atoms with van der Waals surface area (Å²) >= 11 is 0. The van der Waals surface area contributed by atoms with Crippen LogP contribution in [0.5, 0.6) is 0 Å². The third-order valence-electron chi connectivity index (χ3n) is 2.74. The number of aromatic nitrogens is 2. The van der Waals surface area contributed by atoms with Gasteiger partial charge in [0.15, 0.2) is 0 Å². The van der Waals surface area contributed by atoms with Crippen molar-refractivity contribution in [2.75, 3.05) is 30.3 Å². The number of nitrogens with two attached hydrogens (primary N) is 1. The second-order valence-electron chi connectivity index (χ2n) is 4.73. The van der Waals surface area contributed by atoms with Gasteiger partial charge in [0.25, 0.3) is 0 Å². The van der Waals surface area contributed by atoms with Crippen LogP contribution < -0.4 is 10.6 Å². The van der Waals surface area contributed by atoms with E-state index >= 15 is 0 Å². The highest BCUT2D eigenvalue weighted by molar-refractivity contribution is 5.47. The number of aliphatic hydroxyl groups is 1. The number of nitrogen functional groups attached to an aromatic ring is 1. The molecule has 3 N–H and O–H groups in total. The SMILES string of the molecule is CCCCN(CCO)c1cc(N)nc(C(C)C)n1. The average molecular weight is 252 g/mol. The van der Waals surface area contributed by atoms with Crippen molar-refractivity contribution in [3.63, 3.8) is 0 Å². The van der Waals surface area contributed by atoms with E-state index in [9.17, 15) is 0 Å². The Balaban J connectivity index is 2.95. The van der Waals surface area contributed by atoms with Crippen molar-refractivity contribution < 1.29 is 5.11 Å². The summed E-state index contributed by atoms with van der Waals surface area (Å²) in [5, 5.41) is 9.13. The Morgan fingerprint density at radius 3 is 2.61 bits per heavy atom. The van der Waals surface area contributed by atoms with E-state index in [1.807, 2.05) is 13.8 Å². The summed E-state index contributed by atoms with van der Waals surface area (Å²) in [5.41, 5.74) is 5.82. The summed E-state index contributed by atoms with van der Waals surface area (Å²) < 4.78 is 0. The fraction of sp³-hybridized carbons (Fsp3) is 0.692. The standard InChI is InChI=1S/C13H24N4O/c1-4-5-6-17(7-8-18)12-9-11(14)15-13(16-12)10(2)3/h9-10,18H,4-8H2,1-3H3,(H2,14,15,16). The van der Waals surface area contributed by atoms with E-state index in [2.05, 4.69) is 21.8 Å². The number of aliphatic hydroxyl groups excluding tert-OH is 1. The van der Waals surface area contributed by atoms with Crippen molar-refractivity contribution in [2.45, 2.75) is 39.5 Å². The highest BCUT2D eigenvalue weighted by atomic mass is 16.3. The van der Waals surface area contributed by atoms with Gasteiger partial charge in [-0.1, -0.05) is 27.2 Å². The van der Waals surface area contributed by atoms with Gasteiger partial charge in [-0.15, -0.1) is 0 Å². The smallest absolute Gasteiger partial charge is 0.135 e. The molecular formula is C13H24N4O. The molecule has 0 radical (unpaired) electrons. The predicted octanol–water partition coefficient (Wildman–Crippen LogP) is 1.78. The van der Waals surface area contributed by atoms with Crippen LogP contribution in [0, 0.1) is 0 Å². The Morgan fingerprint density at radius 2 is 2.06 bits per heavy atom. The number of unbranched alkanes of at least 4 members (excludes halogenated alkanes) is 1. The molecule has 1 aromatic heterocycles. The summed E-state index contributed by atoms with van der Waals surface area (Å²) in [6.07, 6.45) is 2.18. The first-order valence-corrected chi connectivity index (χ1v) is 6.58. The van der Waals surface area contributed by atoms with Crippen molar-refractivity contribution in [1.82, 2.24) is 9.97 Å². The van der Waals surface area contributed by atoms with Gasteiger partial charge in [0.05, 0.1) is 6.61 Å². The van der Waals surface area contributed by atoms with Crippen molar-refractivity contribution >= 4 is 11.6 Å². The van der Waals surface area contributed by atoms with Crippen LogP contribution in [-0.4, -0.2) is 34.8 Å². The molecule has 0 aliphatic heterocycles. The number of rotatable bonds is 7. The molecule has 102 valence electrons.